The van der Waals surface area contributed by atoms with Crippen LogP contribution in [-0.2, 0) is 29.0 Å². The normalized spacial score (nSPS) is 15.5. The summed E-state index contributed by atoms with van der Waals surface area (Å²) in [5.41, 5.74) is -0.732. The van der Waals surface area contributed by atoms with Crippen molar-refractivity contribution in [3.05, 3.63) is 0 Å². The van der Waals surface area contributed by atoms with Crippen molar-refractivity contribution in [2.45, 2.75) is 85.5 Å². The molecular weight excluding hydrogens is 382 g/mol. The maximum atomic E-state index is 12.3. The van der Waals surface area contributed by atoms with E-state index < -0.39 is 21.7 Å². The van der Waals surface area contributed by atoms with Crippen LogP contribution in [0.2, 0.25) is 0 Å². The number of carbonyl (C=O) groups excluding carboxylic acids is 1. The van der Waals surface area contributed by atoms with E-state index in [0.29, 0.717) is 19.4 Å². The summed E-state index contributed by atoms with van der Waals surface area (Å²) in [5.74, 6) is -0.310. The number of esters is 1. The van der Waals surface area contributed by atoms with Crippen LogP contribution in [0.15, 0.2) is 0 Å². The molecule has 0 spiro atoms. The smallest absolute Gasteiger partial charge is 0.305 e. The molecule has 0 fully saturated rings. The van der Waals surface area contributed by atoms with Gasteiger partial charge in [-0.1, -0.05) is 20.8 Å². The van der Waals surface area contributed by atoms with Gasteiger partial charge in [0.25, 0.3) is 0 Å². The van der Waals surface area contributed by atoms with E-state index in [1.807, 2.05) is 27.7 Å². The van der Waals surface area contributed by atoms with Gasteiger partial charge in [-0.3, -0.25) is 4.79 Å². The predicted octanol–water partition coefficient (Wildman–Crippen LogP) is 3.23. The van der Waals surface area contributed by atoms with Crippen molar-refractivity contribution in [3.63, 3.8) is 0 Å². The number of ether oxygens (including phenoxy) is 3. The molecule has 0 saturated carbocycles. The summed E-state index contributed by atoms with van der Waals surface area (Å²) in [6.45, 7) is 14.3. The van der Waals surface area contributed by atoms with Gasteiger partial charge in [0.15, 0.2) is 0 Å². The van der Waals surface area contributed by atoms with E-state index in [-0.39, 0.29) is 30.6 Å². The van der Waals surface area contributed by atoms with E-state index in [9.17, 15) is 13.2 Å². The first-order chi connectivity index (χ1) is 12.6. The molecule has 0 N–H and O–H groups in total. The SMILES string of the molecule is COCCCCC(=O)OC[C@H](CN(C(C)(C)C)S(C)(=O)=O)O[C@@H](C)C(C)(C)C. The maximum Gasteiger partial charge on any atom is 0.305 e. The Bertz CT molecular complexity index is 562. The Morgan fingerprint density at radius 3 is 2.07 bits per heavy atom. The fourth-order valence-electron chi connectivity index (χ4n) is 2.49. The highest BCUT2D eigenvalue weighted by molar-refractivity contribution is 7.88. The zero-order chi connectivity index (χ0) is 22.2. The van der Waals surface area contributed by atoms with Crippen LogP contribution < -0.4 is 0 Å². The fourth-order valence-corrected chi connectivity index (χ4v) is 3.93. The van der Waals surface area contributed by atoms with Gasteiger partial charge >= 0.3 is 5.97 Å². The highest BCUT2D eigenvalue weighted by Crippen LogP contribution is 2.25. The van der Waals surface area contributed by atoms with Gasteiger partial charge in [-0.2, -0.15) is 4.31 Å². The van der Waals surface area contributed by atoms with Crippen LogP contribution >= 0.6 is 0 Å². The van der Waals surface area contributed by atoms with E-state index in [1.54, 1.807) is 7.11 Å². The number of hydrogen-bond donors (Lipinski definition) is 0. The highest BCUT2D eigenvalue weighted by Gasteiger charge is 2.34. The second kappa shape index (κ2) is 11.5. The van der Waals surface area contributed by atoms with Crippen LogP contribution in [0.1, 0.15) is 67.7 Å². The summed E-state index contributed by atoms with van der Waals surface area (Å²) in [6, 6.07) is 0. The van der Waals surface area contributed by atoms with Gasteiger partial charge in [0.2, 0.25) is 10.0 Å². The first kappa shape index (κ1) is 27.3. The lowest BCUT2D eigenvalue weighted by Gasteiger charge is -2.38. The molecule has 0 unspecified atom stereocenters. The van der Waals surface area contributed by atoms with Crippen molar-refractivity contribution in [3.8, 4) is 0 Å². The molecule has 8 heteroatoms. The molecule has 0 bridgehead atoms. The Kier molecular flexibility index (Phi) is 11.2. The van der Waals surface area contributed by atoms with E-state index in [2.05, 4.69) is 20.8 Å². The summed E-state index contributed by atoms with van der Waals surface area (Å²) >= 11 is 0. The molecule has 0 amide bonds. The van der Waals surface area contributed by atoms with E-state index in [4.69, 9.17) is 14.2 Å². The molecule has 7 nitrogen and oxygen atoms in total. The maximum absolute atomic E-state index is 12.3. The molecule has 0 radical (unpaired) electrons. The number of carbonyl (C=O) groups is 1. The van der Waals surface area contributed by atoms with Gasteiger partial charge in [0.05, 0.1) is 12.4 Å². The number of hydrogen-bond acceptors (Lipinski definition) is 6. The number of rotatable bonds is 12. The second-order valence-corrected chi connectivity index (χ2v) is 11.3. The molecule has 0 rings (SSSR count). The number of unbranched alkanes of at least 4 members (excludes halogenated alkanes) is 1. The number of methoxy groups -OCH3 is 1. The van der Waals surface area contributed by atoms with Crippen molar-refractivity contribution in [1.82, 2.24) is 4.31 Å². The zero-order valence-electron chi connectivity index (χ0n) is 19.2. The average molecular weight is 424 g/mol. The van der Waals surface area contributed by atoms with Gasteiger partial charge in [0, 0.05) is 32.2 Å². The fraction of sp³-hybridized carbons (Fsp3) is 0.950. The second-order valence-electron chi connectivity index (χ2n) is 9.36. The van der Waals surface area contributed by atoms with Gasteiger partial charge in [-0.25, -0.2) is 8.42 Å². The third-order valence-electron chi connectivity index (χ3n) is 4.54. The minimum absolute atomic E-state index is 0.0195. The molecule has 0 saturated heterocycles. The minimum Gasteiger partial charge on any atom is -0.463 e. The Labute approximate surface area is 172 Å². The zero-order valence-corrected chi connectivity index (χ0v) is 20.0. The number of sulfonamides is 1. The summed E-state index contributed by atoms with van der Waals surface area (Å²) in [6.07, 6.45) is 2.28. The first-order valence-corrected chi connectivity index (χ1v) is 11.7. The monoisotopic (exact) mass is 423 g/mol. The molecule has 0 aromatic rings. The first-order valence-electron chi connectivity index (χ1n) is 9.87. The van der Waals surface area contributed by atoms with Crippen LogP contribution in [0.3, 0.4) is 0 Å². The molecule has 2 atom stereocenters. The van der Waals surface area contributed by atoms with Gasteiger partial charge < -0.3 is 14.2 Å². The minimum atomic E-state index is -3.45. The summed E-state index contributed by atoms with van der Waals surface area (Å²) < 4.78 is 42.5. The molecular formula is C20H41NO6S. The summed E-state index contributed by atoms with van der Waals surface area (Å²) in [5, 5.41) is 0. The largest absolute Gasteiger partial charge is 0.463 e. The predicted molar refractivity (Wildman–Crippen MR) is 112 cm³/mol. The van der Waals surface area contributed by atoms with Crippen molar-refractivity contribution in [2.24, 2.45) is 5.41 Å². The molecule has 0 heterocycles. The standard InChI is InChI=1S/C20H41NO6S/c1-16(19(2,3)4)27-17(14-21(20(5,6)7)28(9,23)24)15-26-18(22)12-10-11-13-25-8/h16-17H,10-15H2,1-9H3/t16-,17-/m0/s1. The summed E-state index contributed by atoms with van der Waals surface area (Å²) in [4.78, 5) is 12.0. The van der Waals surface area contributed by atoms with Gasteiger partial charge in [-0.15, -0.1) is 0 Å². The Balaban J connectivity index is 5.13. The van der Waals surface area contributed by atoms with Crippen LogP contribution in [0, 0.1) is 5.41 Å². The molecule has 0 aromatic heterocycles. The molecule has 0 aromatic carbocycles. The lowest BCUT2D eigenvalue weighted by molar-refractivity contribution is -0.152. The Hall–Kier alpha value is -0.700. The Morgan fingerprint density at radius 2 is 1.64 bits per heavy atom. The third kappa shape index (κ3) is 11.3. The molecule has 168 valence electrons. The molecule has 0 aliphatic rings. The highest BCUT2D eigenvalue weighted by atomic mass is 32.2. The lowest BCUT2D eigenvalue weighted by atomic mass is 9.90. The quantitative estimate of drug-likeness (QED) is 0.354. The molecule has 0 aliphatic carbocycles. The third-order valence-corrected chi connectivity index (χ3v) is 6.04. The van der Waals surface area contributed by atoms with Crippen LogP contribution in [0.25, 0.3) is 0 Å². The van der Waals surface area contributed by atoms with Crippen LogP contribution in [-0.4, -0.2) is 69.6 Å². The van der Waals surface area contributed by atoms with Crippen molar-refractivity contribution in [1.29, 1.82) is 0 Å². The van der Waals surface area contributed by atoms with Gasteiger partial charge in [-0.05, 0) is 46.0 Å². The summed E-state index contributed by atoms with van der Waals surface area (Å²) in [7, 11) is -1.82. The van der Waals surface area contributed by atoms with Crippen molar-refractivity contribution >= 4 is 16.0 Å². The molecule has 0 aliphatic heterocycles. The van der Waals surface area contributed by atoms with Crippen molar-refractivity contribution < 1.29 is 27.4 Å². The topological polar surface area (TPSA) is 82.1 Å². The van der Waals surface area contributed by atoms with E-state index in [0.717, 1.165) is 6.42 Å². The van der Waals surface area contributed by atoms with Crippen LogP contribution in [0.4, 0.5) is 0 Å². The Morgan fingerprint density at radius 1 is 1.07 bits per heavy atom. The average Bonchev–Trinajstić information content (AvgIpc) is 2.50. The molecule has 28 heavy (non-hydrogen) atoms. The van der Waals surface area contributed by atoms with Crippen LogP contribution in [0.5, 0.6) is 0 Å². The van der Waals surface area contributed by atoms with E-state index >= 15 is 0 Å². The number of nitrogens with zero attached hydrogens (tertiary/aromatic N) is 1. The lowest BCUT2D eigenvalue weighted by Crippen LogP contribution is -2.51. The van der Waals surface area contributed by atoms with Crippen molar-refractivity contribution in [2.75, 3.05) is 33.1 Å². The van der Waals surface area contributed by atoms with E-state index in [1.165, 1.54) is 10.6 Å². The van der Waals surface area contributed by atoms with Gasteiger partial charge in [0.1, 0.15) is 12.7 Å².